The molecule has 0 fully saturated rings. The van der Waals surface area contributed by atoms with Crippen LogP contribution in [-0.4, -0.2) is 17.6 Å². The molecule has 1 amide bonds. The molecule has 0 radical (unpaired) electrons. The lowest BCUT2D eigenvalue weighted by molar-refractivity contribution is -0.187. The molecule has 0 aromatic heterocycles. The van der Waals surface area contributed by atoms with Crippen LogP contribution in [0.15, 0.2) is 22.7 Å². The summed E-state index contributed by atoms with van der Waals surface area (Å²) in [5.41, 5.74) is 2.26. The van der Waals surface area contributed by atoms with Gasteiger partial charge in [-0.25, -0.2) is 4.39 Å². The van der Waals surface area contributed by atoms with Crippen LogP contribution in [0.4, 0.5) is 17.6 Å². The number of nitrogens with two attached hydrogens (primary N) is 1. The fourth-order valence-electron chi connectivity index (χ4n) is 1.17. The maximum atomic E-state index is 13.0. The number of rotatable bonds is 3. The van der Waals surface area contributed by atoms with Crippen molar-refractivity contribution in [1.29, 1.82) is 0 Å². The van der Waals surface area contributed by atoms with E-state index in [0.717, 1.165) is 6.07 Å². The summed E-state index contributed by atoms with van der Waals surface area (Å²) >= 11 is 3.10. The van der Waals surface area contributed by atoms with Crippen molar-refractivity contribution in [3.05, 3.63) is 34.1 Å². The molecule has 1 aromatic carbocycles. The number of nitrogens with one attached hydrogen (secondary N) is 1. The molecule has 0 heterocycles. The SMILES string of the molecule is CC(N)(C(=O)NCc1cc(F)ccc1Br)C(F)(F)F. The predicted molar refractivity (Wildman–Crippen MR) is 64.6 cm³/mol. The quantitative estimate of drug-likeness (QED) is 0.829. The van der Waals surface area contributed by atoms with E-state index in [-0.39, 0.29) is 6.54 Å². The van der Waals surface area contributed by atoms with E-state index < -0.39 is 23.4 Å². The van der Waals surface area contributed by atoms with Gasteiger partial charge in [0, 0.05) is 11.0 Å². The highest BCUT2D eigenvalue weighted by Crippen LogP contribution is 2.28. The number of benzene rings is 1. The molecule has 1 unspecified atom stereocenters. The Morgan fingerprint density at radius 2 is 2.00 bits per heavy atom. The molecule has 0 saturated heterocycles. The highest BCUT2D eigenvalue weighted by Gasteiger charge is 2.53. The molecule has 0 aliphatic rings. The lowest BCUT2D eigenvalue weighted by Gasteiger charge is -2.26. The van der Waals surface area contributed by atoms with Gasteiger partial charge in [-0.2, -0.15) is 13.2 Å². The molecule has 1 aromatic rings. The summed E-state index contributed by atoms with van der Waals surface area (Å²) in [4.78, 5) is 11.4. The standard InChI is InChI=1S/C11H11BrF4N2O/c1-10(17,11(14,15)16)9(19)18-5-6-4-7(13)2-3-8(6)12/h2-4H,5,17H2,1H3,(H,18,19). The Balaban J connectivity index is 2.77. The Morgan fingerprint density at radius 1 is 1.42 bits per heavy atom. The third kappa shape index (κ3) is 3.66. The van der Waals surface area contributed by atoms with Gasteiger partial charge in [-0.3, -0.25) is 4.79 Å². The average molecular weight is 343 g/mol. The Kier molecular flexibility index (Phi) is 4.57. The molecular weight excluding hydrogens is 332 g/mol. The third-order valence-corrected chi connectivity index (χ3v) is 3.28. The summed E-state index contributed by atoms with van der Waals surface area (Å²) in [6.45, 7) is 0.309. The Hall–Kier alpha value is -1.15. The van der Waals surface area contributed by atoms with Crippen LogP contribution in [0.3, 0.4) is 0 Å². The Morgan fingerprint density at radius 3 is 2.53 bits per heavy atom. The lowest BCUT2D eigenvalue weighted by Crippen LogP contribution is -2.61. The van der Waals surface area contributed by atoms with Gasteiger partial charge < -0.3 is 11.1 Å². The second-order valence-electron chi connectivity index (χ2n) is 4.12. The largest absolute Gasteiger partial charge is 0.415 e. The van der Waals surface area contributed by atoms with Crippen molar-refractivity contribution in [2.75, 3.05) is 0 Å². The van der Waals surface area contributed by atoms with E-state index >= 15 is 0 Å². The number of amides is 1. The Labute approximate surface area is 115 Å². The van der Waals surface area contributed by atoms with Crippen molar-refractivity contribution in [3.63, 3.8) is 0 Å². The van der Waals surface area contributed by atoms with Crippen molar-refractivity contribution < 1.29 is 22.4 Å². The number of carbonyl (C=O) groups is 1. The lowest BCUT2D eigenvalue weighted by atomic mass is 10.0. The first kappa shape index (κ1) is 15.9. The van der Waals surface area contributed by atoms with Gasteiger partial charge >= 0.3 is 6.18 Å². The summed E-state index contributed by atoms with van der Waals surface area (Å²) in [5.74, 6) is -1.94. The van der Waals surface area contributed by atoms with Crippen LogP contribution in [0.1, 0.15) is 12.5 Å². The average Bonchev–Trinajstić information content (AvgIpc) is 2.28. The van der Waals surface area contributed by atoms with E-state index in [4.69, 9.17) is 5.73 Å². The molecule has 3 N–H and O–H groups in total. The summed E-state index contributed by atoms with van der Waals surface area (Å²) < 4.78 is 50.9. The maximum absolute atomic E-state index is 13.0. The summed E-state index contributed by atoms with van der Waals surface area (Å²) in [5, 5.41) is 2.03. The van der Waals surface area contributed by atoms with Crippen LogP contribution in [0.25, 0.3) is 0 Å². The zero-order valence-electron chi connectivity index (χ0n) is 9.81. The number of carbonyl (C=O) groups excluding carboxylic acids is 1. The van der Waals surface area contributed by atoms with Crippen molar-refractivity contribution in [3.8, 4) is 0 Å². The maximum Gasteiger partial charge on any atom is 0.415 e. The topological polar surface area (TPSA) is 55.1 Å². The molecule has 1 atom stereocenters. The molecule has 0 saturated carbocycles. The van der Waals surface area contributed by atoms with E-state index in [2.05, 4.69) is 15.9 Å². The highest BCUT2D eigenvalue weighted by molar-refractivity contribution is 9.10. The first-order valence-corrected chi connectivity index (χ1v) is 5.93. The molecule has 1 rings (SSSR count). The van der Waals surface area contributed by atoms with Crippen molar-refractivity contribution >= 4 is 21.8 Å². The highest BCUT2D eigenvalue weighted by atomic mass is 79.9. The van der Waals surface area contributed by atoms with Crippen molar-refractivity contribution in [2.45, 2.75) is 25.2 Å². The van der Waals surface area contributed by atoms with Crippen LogP contribution in [0, 0.1) is 5.82 Å². The van der Waals surface area contributed by atoms with Crippen LogP contribution in [0.2, 0.25) is 0 Å². The Bertz CT molecular complexity index is 488. The molecular formula is C11H11BrF4N2O. The molecule has 8 heteroatoms. The third-order valence-electron chi connectivity index (χ3n) is 2.51. The zero-order valence-corrected chi connectivity index (χ0v) is 11.4. The minimum Gasteiger partial charge on any atom is -0.350 e. The van der Waals surface area contributed by atoms with Crippen molar-refractivity contribution in [2.24, 2.45) is 5.73 Å². The summed E-state index contributed by atoms with van der Waals surface area (Å²) in [6.07, 6.45) is -4.86. The number of hydrogen-bond acceptors (Lipinski definition) is 2. The molecule has 0 spiro atoms. The number of hydrogen-bond donors (Lipinski definition) is 2. The van der Waals surface area contributed by atoms with E-state index in [1.807, 2.05) is 5.32 Å². The van der Waals surface area contributed by atoms with Gasteiger partial charge in [-0.15, -0.1) is 0 Å². The smallest absolute Gasteiger partial charge is 0.350 e. The molecule has 3 nitrogen and oxygen atoms in total. The fraction of sp³-hybridized carbons (Fsp3) is 0.364. The first-order chi connectivity index (χ1) is 8.55. The van der Waals surface area contributed by atoms with Gasteiger partial charge in [0.05, 0.1) is 0 Å². The van der Waals surface area contributed by atoms with Crippen LogP contribution in [0.5, 0.6) is 0 Å². The second-order valence-corrected chi connectivity index (χ2v) is 4.97. The van der Waals surface area contributed by atoms with Gasteiger partial charge in [0.1, 0.15) is 5.82 Å². The molecule has 0 aliphatic carbocycles. The normalized spacial score (nSPS) is 14.9. The minimum atomic E-state index is -4.86. The van der Waals surface area contributed by atoms with Crippen molar-refractivity contribution in [1.82, 2.24) is 5.32 Å². The van der Waals surface area contributed by atoms with Gasteiger partial charge in [0.25, 0.3) is 0 Å². The second kappa shape index (κ2) is 5.46. The van der Waals surface area contributed by atoms with Crippen LogP contribution >= 0.6 is 15.9 Å². The van der Waals surface area contributed by atoms with Gasteiger partial charge in [-0.05, 0) is 30.7 Å². The van der Waals surface area contributed by atoms with Crippen LogP contribution in [-0.2, 0) is 11.3 Å². The molecule has 0 aliphatic heterocycles. The monoisotopic (exact) mass is 342 g/mol. The zero-order chi connectivity index (χ0) is 14.8. The van der Waals surface area contributed by atoms with Crippen LogP contribution < -0.4 is 11.1 Å². The van der Waals surface area contributed by atoms with Gasteiger partial charge in [0.15, 0.2) is 5.54 Å². The van der Waals surface area contributed by atoms with Gasteiger partial charge in [0.2, 0.25) is 5.91 Å². The summed E-state index contributed by atoms with van der Waals surface area (Å²) in [6, 6.07) is 3.67. The van der Waals surface area contributed by atoms with E-state index in [1.165, 1.54) is 12.1 Å². The fourth-order valence-corrected chi connectivity index (χ4v) is 1.55. The molecule has 106 valence electrons. The first-order valence-electron chi connectivity index (χ1n) is 5.13. The molecule has 0 bridgehead atoms. The number of halogens is 5. The van der Waals surface area contributed by atoms with E-state index in [1.54, 1.807) is 0 Å². The van der Waals surface area contributed by atoms with E-state index in [0.29, 0.717) is 17.0 Å². The minimum absolute atomic E-state index is 0.264. The van der Waals surface area contributed by atoms with Gasteiger partial charge in [-0.1, -0.05) is 15.9 Å². The number of alkyl halides is 3. The molecule has 19 heavy (non-hydrogen) atoms. The predicted octanol–water partition coefficient (Wildman–Crippen LogP) is 2.48. The summed E-state index contributed by atoms with van der Waals surface area (Å²) in [7, 11) is 0. The van der Waals surface area contributed by atoms with E-state index in [9.17, 15) is 22.4 Å².